The number of nitrogens with zero attached hydrogens (tertiary/aromatic N) is 1. The minimum Gasteiger partial charge on any atom is -0.342 e. The molecule has 3 heterocycles. The minimum atomic E-state index is -4.40. The predicted molar refractivity (Wildman–Crippen MR) is 119 cm³/mol. The SMILES string of the molecule is CC1(C)O[C@@H]2O[C@H](/C=C/c3ccc(C(F)(F)F)cc3)[C@H](CCN3C(=O)c4ccccc4C3=O)[C@@H]2O1. The average Bonchev–Trinajstić information content (AvgIpc) is 3.36. The molecule has 4 atom stereocenters. The lowest BCUT2D eigenvalue weighted by Gasteiger charge is -2.25. The highest BCUT2D eigenvalue weighted by Crippen LogP contribution is 2.43. The summed E-state index contributed by atoms with van der Waals surface area (Å²) in [6.07, 6.45) is -2.06. The molecule has 0 N–H and O–H groups in total. The van der Waals surface area contributed by atoms with Crippen molar-refractivity contribution in [3.8, 4) is 0 Å². The van der Waals surface area contributed by atoms with Gasteiger partial charge in [-0.2, -0.15) is 13.2 Å². The molecule has 0 saturated carbocycles. The summed E-state index contributed by atoms with van der Waals surface area (Å²) in [5.41, 5.74) is 0.640. The van der Waals surface area contributed by atoms with Crippen LogP contribution in [0.4, 0.5) is 13.2 Å². The van der Waals surface area contributed by atoms with E-state index < -0.39 is 36.0 Å². The van der Waals surface area contributed by atoms with Crippen molar-refractivity contribution in [2.24, 2.45) is 5.92 Å². The van der Waals surface area contributed by atoms with Gasteiger partial charge >= 0.3 is 6.18 Å². The summed E-state index contributed by atoms with van der Waals surface area (Å²) in [7, 11) is 0. The van der Waals surface area contributed by atoms with Gasteiger partial charge in [-0.1, -0.05) is 36.4 Å². The fraction of sp³-hybridized carbons (Fsp3) is 0.385. The standard InChI is InChI=1S/C26H24F3NO5/c1-25(2)34-21-19(13-14-30-22(31)17-5-3-4-6-18(17)23(30)32)20(33-24(21)35-25)12-9-15-7-10-16(11-8-15)26(27,28)29/h3-12,19-21,24H,13-14H2,1-2H3/b12-9+/t19-,20+,21-,24-/m0/s1. The van der Waals surface area contributed by atoms with Crippen LogP contribution in [0.5, 0.6) is 0 Å². The zero-order valence-electron chi connectivity index (χ0n) is 19.1. The molecule has 0 aromatic heterocycles. The van der Waals surface area contributed by atoms with Crippen molar-refractivity contribution in [1.82, 2.24) is 4.90 Å². The van der Waals surface area contributed by atoms with E-state index in [0.717, 1.165) is 12.1 Å². The molecule has 2 fully saturated rings. The quantitative estimate of drug-likeness (QED) is 0.562. The Morgan fingerprint density at radius 1 is 0.971 bits per heavy atom. The second-order valence-corrected chi connectivity index (χ2v) is 9.31. The lowest BCUT2D eigenvalue weighted by atomic mass is 9.93. The molecule has 0 spiro atoms. The van der Waals surface area contributed by atoms with E-state index in [4.69, 9.17) is 14.2 Å². The van der Waals surface area contributed by atoms with Gasteiger partial charge in [0, 0.05) is 12.5 Å². The third-order valence-corrected chi connectivity index (χ3v) is 6.50. The Morgan fingerprint density at radius 2 is 1.60 bits per heavy atom. The van der Waals surface area contributed by atoms with Crippen molar-refractivity contribution < 1.29 is 37.0 Å². The summed E-state index contributed by atoms with van der Waals surface area (Å²) < 4.78 is 56.5. The second-order valence-electron chi connectivity index (χ2n) is 9.31. The molecular weight excluding hydrogens is 463 g/mol. The van der Waals surface area contributed by atoms with Crippen LogP contribution in [0.2, 0.25) is 0 Å². The zero-order valence-corrected chi connectivity index (χ0v) is 19.1. The van der Waals surface area contributed by atoms with Gasteiger partial charge in [-0.15, -0.1) is 0 Å². The number of imide groups is 1. The van der Waals surface area contributed by atoms with Crippen LogP contribution in [-0.4, -0.2) is 47.5 Å². The minimum absolute atomic E-state index is 0.179. The molecule has 2 aromatic carbocycles. The third-order valence-electron chi connectivity index (χ3n) is 6.50. The number of hydrogen-bond donors (Lipinski definition) is 0. The number of alkyl halides is 3. The van der Waals surface area contributed by atoms with Gasteiger partial charge in [0.15, 0.2) is 12.1 Å². The summed E-state index contributed by atoms with van der Waals surface area (Å²) >= 11 is 0. The van der Waals surface area contributed by atoms with E-state index in [1.807, 2.05) is 0 Å². The molecule has 9 heteroatoms. The van der Waals surface area contributed by atoms with Crippen molar-refractivity contribution in [2.75, 3.05) is 6.54 Å². The highest BCUT2D eigenvalue weighted by atomic mass is 19.4. The molecule has 35 heavy (non-hydrogen) atoms. The Morgan fingerprint density at radius 3 is 2.20 bits per heavy atom. The van der Waals surface area contributed by atoms with E-state index in [9.17, 15) is 22.8 Å². The number of ether oxygens (including phenoxy) is 3. The summed E-state index contributed by atoms with van der Waals surface area (Å²) in [6.45, 7) is 3.74. The van der Waals surface area contributed by atoms with E-state index in [-0.39, 0.29) is 24.3 Å². The molecule has 0 aliphatic carbocycles. The number of hydrogen-bond acceptors (Lipinski definition) is 5. The van der Waals surface area contributed by atoms with Crippen molar-refractivity contribution in [1.29, 1.82) is 0 Å². The molecule has 0 unspecified atom stereocenters. The molecular formula is C26H24F3NO5. The Balaban J connectivity index is 1.32. The van der Waals surface area contributed by atoms with E-state index in [0.29, 0.717) is 23.1 Å². The highest BCUT2D eigenvalue weighted by Gasteiger charge is 2.54. The summed E-state index contributed by atoms with van der Waals surface area (Å²) in [5.74, 6) is -1.74. The van der Waals surface area contributed by atoms with E-state index in [1.165, 1.54) is 17.0 Å². The van der Waals surface area contributed by atoms with Crippen LogP contribution < -0.4 is 0 Å². The fourth-order valence-electron chi connectivity index (χ4n) is 4.82. The summed E-state index contributed by atoms with van der Waals surface area (Å²) in [6, 6.07) is 11.5. The normalized spacial score (nSPS) is 27.6. The van der Waals surface area contributed by atoms with Crippen LogP contribution in [0.25, 0.3) is 6.08 Å². The van der Waals surface area contributed by atoms with Crippen molar-refractivity contribution in [3.05, 3.63) is 76.9 Å². The first-order valence-corrected chi connectivity index (χ1v) is 11.4. The maximum atomic E-state index is 12.8. The van der Waals surface area contributed by atoms with Crippen LogP contribution in [-0.2, 0) is 20.4 Å². The number of rotatable bonds is 5. The van der Waals surface area contributed by atoms with Gasteiger partial charge in [0.05, 0.1) is 22.8 Å². The smallest absolute Gasteiger partial charge is 0.342 e. The number of fused-ring (bicyclic) bond motifs is 2. The second kappa shape index (κ2) is 8.58. The molecule has 184 valence electrons. The number of amides is 2. The first kappa shape index (κ1) is 23.7. The van der Waals surface area contributed by atoms with Crippen molar-refractivity contribution in [3.63, 3.8) is 0 Å². The largest absolute Gasteiger partial charge is 0.416 e. The highest BCUT2D eigenvalue weighted by molar-refractivity contribution is 6.21. The first-order valence-electron chi connectivity index (χ1n) is 11.4. The van der Waals surface area contributed by atoms with Gasteiger partial charge in [0.2, 0.25) is 0 Å². The lowest BCUT2D eigenvalue weighted by Crippen LogP contribution is -2.36. The molecule has 3 aliphatic rings. The average molecular weight is 487 g/mol. The van der Waals surface area contributed by atoms with Crippen molar-refractivity contribution in [2.45, 2.75) is 50.7 Å². The van der Waals surface area contributed by atoms with Gasteiger partial charge < -0.3 is 14.2 Å². The van der Waals surface area contributed by atoms with Crippen LogP contribution in [0.3, 0.4) is 0 Å². The van der Waals surface area contributed by atoms with Crippen LogP contribution in [0.1, 0.15) is 52.1 Å². The molecule has 5 rings (SSSR count). The maximum absolute atomic E-state index is 12.8. The molecule has 2 saturated heterocycles. The Kier molecular flexibility index (Phi) is 5.82. The maximum Gasteiger partial charge on any atom is 0.416 e. The van der Waals surface area contributed by atoms with E-state index in [2.05, 4.69) is 0 Å². The third kappa shape index (κ3) is 4.51. The lowest BCUT2D eigenvalue weighted by molar-refractivity contribution is -0.205. The van der Waals surface area contributed by atoms with Gasteiger partial charge in [-0.25, -0.2) is 0 Å². The monoisotopic (exact) mass is 487 g/mol. The van der Waals surface area contributed by atoms with Crippen LogP contribution in [0, 0.1) is 5.92 Å². The fourth-order valence-corrected chi connectivity index (χ4v) is 4.82. The number of benzene rings is 2. The Hall–Kier alpha value is -3.01. The van der Waals surface area contributed by atoms with Gasteiger partial charge in [-0.05, 0) is 50.1 Å². The topological polar surface area (TPSA) is 65.1 Å². The Bertz CT molecular complexity index is 1140. The number of halogens is 3. The molecule has 2 aromatic rings. The van der Waals surface area contributed by atoms with Crippen molar-refractivity contribution >= 4 is 17.9 Å². The summed E-state index contributed by atoms with van der Waals surface area (Å²) in [5, 5.41) is 0. The number of carbonyl (C=O) groups is 2. The molecule has 0 bridgehead atoms. The molecule has 3 aliphatic heterocycles. The number of carbonyl (C=O) groups excluding carboxylic acids is 2. The Labute approximate surface area is 200 Å². The summed E-state index contributed by atoms with van der Waals surface area (Å²) in [4.78, 5) is 26.7. The van der Waals surface area contributed by atoms with Crippen LogP contribution >= 0.6 is 0 Å². The van der Waals surface area contributed by atoms with Gasteiger partial charge in [0.25, 0.3) is 11.8 Å². The van der Waals surface area contributed by atoms with Crippen LogP contribution in [0.15, 0.2) is 54.6 Å². The van der Waals surface area contributed by atoms with E-state index >= 15 is 0 Å². The molecule has 2 amide bonds. The predicted octanol–water partition coefficient (Wildman–Crippen LogP) is 4.90. The van der Waals surface area contributed by atoms with Gasteiger partial charge in [0.1, 0.15) is 6.10 Å². The molecule has 0 radical (unpaired) electrons. The first-order chi connectivity index (χ1) is 16.5. The van der Waals surface area contributed by atoms with E-state index in [1.54, 1.807) is 50.3 Å². The molecule has 6 nitrogen and oxygen atoms in total. The zero-order chi connectivity index (χ0) is 25.0. The van der Waals surface area contributed by atoms with Gasteiger partial charge in [-0.3, -0.25) is 14.5 Å².